The van der Waals surface area contributed by atoms with E-state index in [-0.39, 0.29) is 5.56 Å². The van der Waals surface area contributed by atoms with Crippen molar-refractivity contribution in [3.63, 3.8) is 0 Å². The van der Waals surface area contributed by atoms with E-state index in [4.69, 9.17) is 21.3 Å². The number of hydrogen-bond donors (Lipinski definition) is 0. The summed E-state index contributed by atoms with van der Waals surface area (Å²) in [5, 5.41) is 2.66. The van der Waals surface area contributed by atoms with Gasteiger partial charge in [0.15, 0.2) is 0 Å². The van der Waals surface area contributed by atoms with Gasteiger partial charge >= 0.3 is 0 Å². The van der Waals surface area contributed by atoms with Gasteiger partial charge in [0.25, 0.3) is 5.92 Å². The third-order valence-corrected chi connectivity index (χ3v) is 6.84. The lowest BCUT2D eigenvalue weighted by Gasteiger charge is -2.15. The second kappa shape index (κ2) is 10.8. The summed E-state index contributed by atoms with van der Waals surface area (Å²) in [4.78, 5) is 5.72. The zero-order valence-electron chi connectivity index (χ0n) is 18.8. The molecule has 0 bridgehead atoms. The number of nitrogens with zero attached hydrogens (tertiary/aromatic N) is 1. The summed E-state index contributed by atoms with van der Waals surface area (Å²) in [6.07, 6.45) is 0.974. The summed E-state index contributed by atoms with van der Waals surface area (Å²) in [5.74, 6) is -2.06. The Morgan fingerprint density at radius 3 is 2.41 bits per heavy atom. The molecule has 6 heteroatoms. The highest BCUT2D eigenvalue weighted by Gasteiger charge is 2.23. The zero-order valence-corrected chi connectivity index (χ0v) is 20.4. The van der Waals surface area contributed by atoms with Crippen LogP contribution in [-0.2, 0) is 10.7 Å². The molecule has 0 saturated heterocycles. The lowest BCUT2D eigenvalue weighted by Crippen LogP contribution is -2.06. The molecule has 0 N–H and O–H groups in total. The number of rotatable bonds is 9. The summed E-state index contributed by atoms with van der Waals surface area (Å²) in [7, 11) is 1.69. The Bertz CT molecular complexity index is 1110. The van der Waals surface area contributed by atoms with Gasteiger partial charge in [-0.15, -0.1) is 11.8 Å². The Morgan fingerprint density at radius 1 is 1.09 bits per heavy atom. The van der Waals surface area contributed by atoms with Gasteiger partial charge in [0.2, 0.25) is 0 Å². The molecule has 0 fully saturated rings. The molecular formula is C26H28ClF2NOS. The minimum Gasteiger partial charge on any atom is -0.384 e. The van der Waals surface area contributed by atoms with E-state index < -0.39 is 5.92 Å². The molecule has 3 rings (SSSR count). The van der Waals surface area contributed by atoms with Crippen molar-refractivity contribution in [3.8, 4) is 11.1 Å². The Labute approximate surface area is 198 Å². The Balaban J connectivity index is 2.09. The van der Waals surface area contributed by atoms with Crippen LogP contribution in [-0.4, -0.2) is 31.7 Å². The first-order chi connectivity index (χ1) is 15.3. The van der Waals surface area contributed by atoms with Crippen molar-refractivity contribution in [2.24, 2.45) is 4.99 Å². The van der Waals surface area contributed by atoms with Crippen molar-refractivity contribution in [2.75, 3.05) is 26.0 Å². The van der Waals surface area contributed by atoms with Gasteiger partial charge in [-0.3, -0.25) is 4.99 Å². The summed E-state index contributed by atoms with van der Waals surface area (Å²) in [6.45, 7) is 6.42. The van der Waals surface area contributed by atoms with E-state index in [1.807, 2.05) is 19.1 Å². The van der Waals surface area contributed by atoms with Crippen molar-refractivity contribution in [3.05, 3.63) is 64.7 Å². The van der Waals surface area contributed by atoms with E-state index in [1.165, 1.54) is 12.1 Å². The fourth-order valence-electron chi connectivity index (χ4n) is 3.48. The van der Waals surface area contributed by atoms with Gasteiger partial charge in [-0.2, -0.15) is 0 Å². The molecule has 2 nitrogen and oxygen atoms in total. The van der Waals surface area contributed by atoms with Crippen LogP contribution >= 0.6 is 23.4 Å². The average Bonchev–Trinajstić information content (AvgIpc) is 2.78. The summed E-state index contributed by atoms with van der Waals surface area (Å²) in [6, 6.07) is 14.6. The van der Waals surface area contributed by atoms with Crippen LogP contribution in [0.5, 0.6) is 0 Å². The van der Waals surface area contributed by atoms with Crippen LogP contribution < -0.4 is 0 Å². The van der Waals surface area contributed by atoms with Gasteiger partial charge in [0.05, 0.1) is 11.6 Å². The maximum atomic E-state index is 13.6. The van der Waals surface area contributed by atoms with Crippen molar-refractivity contribution < 1.29 is 13.5 Å². The number of fused-ring (bicyclic) bond motifs is 1. The third-order valence-electron chi connectivity index (χ3n) is 5.25. The molecule has 0 amide bonds. The summed E-state index contributed by atoms with van der Waals surface area (Å²) >= 11 is 8.54. The molecule has 3 aromatic rings. The molecule has 3 aromatic carbocycles. The van der Waals surface area contributed by atoms with Crippen molar-refractivity contribution in [1.29, 1.82) is 0 Å². The number of aliphatic imine (C=N–C) groups is 1. The Kier molecular flexibility index (Phi) is 8.32. The molecule has 0 aliphatic heterocycles. The molecular weight excluding hydrogens is 448 g/mol. The maximum absolute atomic E-state index is 13.6. The van der Waals surface area contributed by atoms with Gasteiger partial charge in [0, 0.05) is 53.5 Å². The first-order valence-corrected chi connectivity index (χ1v) is 12.0. The van der Waals surface area contributed by atoms with E-state index in [1.54, 1.807) is 31.0 Å². The van der Waals surface area contributed by atoms with Gasteiger partial charge in [-0.1, -0.05) is 54.9 Å². The Hall–Kier alpha value is -1.95. The molecule has 0 radical (unpaired) electrons. The highest BCUT2D eigenvalue weighted by atomic mass is 35.5. The molecule has 0 spiro atoms. The second-order valence-corrected chi connectivity index (χ2v) is 9.26. The van der Waals surface area contributed by atoms with Crippen molar-refractivity contribution in [1.82, 2.24) is 0 Å². The van der Waals surface area contributed by atoms with E-state index in [2.05, 4.69) is 19.1 Å². The van der Waals surface area contributed by atoms with Gasteiger partial charge in [0.1, 0.15) is 0 Å². The normalized spacial score (nSPS) is 12.5. The Morgan fingerprint density at radius 2 is 1.78 bits per heavy atom. The van der Waals surface area contributed by atoms with Crippen LogP contribution in [0.1, 0.15) is 38.3 Å². The van der Waals surface area contributed by atoms with Crippen LogP contribution in [0.4, 0.5) is 8.78 Å². The quantitative estimate of drug-likeness (QED) is 0.176. The number of benzene rings is 3. The monoisotopic (exact) mass is 475 g/mol. The lowest BCUT2D eigenvalue weighted by atomic mass is 9.97. The van der Waals surface area contributed by atoms with E-state index in [0.717, 1.165) is 63.7 Å². The molecule has 0 heterocycles. The molecule has 0 atom stereocenters. The number of ether oxygens (including phenoxy) is 1. The number of halogens is 3. The van der Waals surface area contributed by atoms with Gasteiger partial charge in [-0.25, -0.2) is 8.78 Å². The van der Waals surface area contributed by atoms with E-state index >= 15 is 0 Å². The smallest absolute Gasteiger partial charge is 0.270 e. The maximum Gasteiger partial charge on any atom is 0.270 e. The molecule has 0 unspecified atom stereocenters. The number of methoxy groups -OCH3 is 1. The number of hydrogen-bond acceptors (Lipinski definition) is 3. The minimum absolute atomic E-state index is 0.00727. The largest absolute Gasteiger partial charge is 0.384 e. The van der Waals surface area contributed by atoms with Crippen molar-refractivity contribution >= 4 is 39.8 Å². The first kappa shape index (κ1) is 24.7. The van der Waals surface area contributed by atoms with Crippen LogP contribution in [0.3, 0.4) is 0 Å². The highest BCUT2D eigenvalue weighted by Crippen LogP contribution is 2.39. The summed E-state index contributed by atoms with van der Waals surface area (Å²) < 4.78 is 32.3. The fraction of sp³-hybridized carbons (Fsp3) is 0.346. The van der Waals surface area contributed by atoms with Crippen molar-refractivity contribution in [2.45, 2.75) is 38.0 Å². The number of thioether (sulfide) groups is 1. The standard InChI is InChI=1S/C26H28ClF2NOS/c1-5-12-30-17(2)23-16-20-15-19(18-6-9-21(10-7-18)26(3,28)29)8-11-22(20)24(27)25(23)32-14-13-31-4/h6-11,15-16H,5,12-14H2,1-4H3. The van der Waals surface area contributed by atoms with E-state index in [0.29, 0.717) is 11.6 Å². The highest BCUT2D eigenvalue weighted by molar-refractivity contribution is 7.99. The molecule has 0 aromatic heterocycles. The van der Waals surface area contributed by atoms with Gasteiger partial charge < -0.3 is 4.74 Å². The molecule has 0 aliphatic carbocycles. The second-order valence-electron chi connectivity index (χ2n) is 7.78. The van der Waals surface area contributed by atoms with Crippen LogP contribution in [0.2, 0.25) is 5.02 Å². The SMILES string of the molecule is CCCN=C(C)c1cc2cc(-c3ccc(C(C)(F)F)cc3)ccc2c(Cl)c1SCCOC. The van der Waals surface area contributed by atoms with Gasteiger partial charge in [-0.05, 0) is 42.0 Å². The number of alkyl halides is 2. The zero-order chi connectivity index (χ0) is 23.3. The molecule has 0 saturated carbocycles. The van der Waals surface area contributed by atoms with E-state index in [9.17, 15) is 8.78 Å². The van der Waals surface area contributed by atoms with Crippen LogP contribution in [0, 0.1) is 0 Å². The topological polar surface area (TPSA) is 21.6 Å². The first-order valence-electron chi connectivity index (χ1n) is 10.6. The predicted molar refractivity (Wildman–Crippen MR) is 134 cm³/mol. The minimum atomic E-state index is -2.85. The third kappa shape index (κ3) is 5.69. The molecule has 32 heavy (non-hydrogen) atoms. The predicted octanol–water partition coefficient (Wildman–Crippen LogP) is 8.23. The molecule has 170 valence electrons. The van der Waals surface area contributed by atoms with Crippen LogP contribution in [0.15, 0.2) is 58.4 Å². The summed E-state index contributed by atoms with van der Waals surface area (Å²) in [5.41, 5.74) is 3.82. The lowest BCUT2D eigenvalue weighted by molar-refractivity contribution is 0.0175. The fourth-order valence-corrected chi connectivity index (χ4v) is 4.97. The average molecular weight is 476 g/mol. The van der Waals surface area contributed by atoms with Crippen LogP contribution in [0.25, 0.3) is 21.9 Å². The molecule has 0 aliphatic rings.